The maximum atomic E-state index is 16.1. The van der Waals surface area contributed by atoms with Crippen molar-refractivity contribution >= 4 is 12.1 Å². The Kier molecular flexibility index (Phi) is 11.5. The van der Waals surface area contributed by atoms with Crippen LogP contribution in [0.3, 0.4) is 0 Å². The Morgan fingerprint density at radius 3 is 2.37 bits per heavy atom. The monoisotopic (exact) mass is 633 g/mol. The zero-order valence-electron chi connectivity index (χ0n) is 28.2. The summed E-state index contributed by atoms with van der Waals surface area (Å²) in [6.07, 6.45) is 3.48. The molecular weight excluding hydrogens is 585 g/mol. The SMILES string of the molecule is C[C@@H](NC(=O)OC(C)(C)C)c1cccc(-c2cc(CC[C@H]3CCCO3)cc(COc3ccccc3CC(=O)OC(C)(C)C)c2)c1F. The van der Waals surface area contributed by atoms with Crippen molar-refractivity contribution in [3.05, 3.63) is 88.7 Å². The average molecular weight is 634 g/mol. The number of rotatable bonds is 11. The molecule has 0 spiro atoms. The van der Waals surface area contributed by atoms with Crippen molar-refractivity contribution in [1.29, 1.82) is 0 Å². The summed E-state index contributed by atoms with van der Waals surface area (Å²) < 4.78 is 39.2. The van der Waals surface area contributed by atoms with Crippen LogP contribution in [0, 0.1) is 5.82 Å². The number of aryl methyl sites for hydroxylation is 1. The molecule has 1 saturated heterocycles. The molecule has 1 fully saturated rings. The molecule has 0 radical (unpaired) electrons. The van der Waals surface area contributed by atoms with Crippen LogP contribution in [0.4, 0.5) is 9.18 Å². The lowest BCUT2D eigenvalue weighted by Gasteiger charge is -2.22. The molecule has 0 saturated carbocycles. The van der Waals surface area contributed by atoms with E-state index >= 15 is 4.39 Å². The van der Waals surface area contributed by atoms with Crippen LogP contribution in [0.15, 0.2) is 60.7 Å². The predicted molar refractivity (Wildman–Crippen MR) is 177 cm³/mol. The van der Waals surface area contributed by atoms with Crippen LogP contribution in [-0.4, -0.2) is 36.0 Å². The van der Waals surface area contributed by atoms with Crippen molar-refractivity contribution in [2.24, 2.45) is 0 Å². The van der Waals surface area contributed by atoms with Gasteiger partial charge in [-0.3, -0.25) is 4.79 Å². The number of para-hydroxylation sites is 1. The van der Waals surface area contributed by atoms with Crippen LogP contribution in [0.5, 0.6) is 5.75 Å². The highest BCUT2D eigenvalue weighted by Crippen LogP contribution is 2.31. The van der Waals surface area contributed by atoms with E-state index in [4.69, 9.17) is 18.9 Å². The number of hydrogen-bond acceptors (Lipinski definition) is 6. The molecule has 46 heavy (non-hydrogen) atoms. The molecule has 1 aliphatic rings. The molecule has 1 amide bonds. The second kappa shape index (κ2) is 15.1. The summed E-state index contributed by atoms with van der Waals surface area (Å²) in [5, 5.41) is 2.75. The lowest BCUT2D eigenvalue weighted by atomic mass is 9.94. The van der Waals surface area contributed by atoms with Crippen LogP contribution in [0.1, 0.15) is 96.0 Å². The van der Waals surface area contributed by atoms with E-state index in [-0.39, 0.29) is 25.1 Å². The molecule has 248 valence electrons. The number of ether oxygens (including phenoxy) is 4. The van der Waals surface area contributed by atoms with Gasteiger partial charge in [-0.15, -0.1) is 0 Å². The molecule has 0 aliphatic carbocycles. The van der Waals surface area contributed by atoms with E-state index in [1.807, 2.05) is 57.2 Å². The number of amides is 1. The van der Waals surface area contributed by atoms with Gasteiger partial charge in [-0.2, -0.15) is 0 Å². The minimum absolute atomic E-state index is 0.0909. The lowest BCUT2D eigenvalue weighted by molar-refractivity contribution is -0.153. The summed E-state index contributed by atoms with van der Waals surface area (Å²) in [6.45, 7) is 13.6. The van der Waals surface area contributed by atoms with Gasteiger partial charge in [0.2, 0.25) is 0 Å². The normalized spacial score (nSPS) is 15.7. The summed E-state index contributed by atoms with van der Waals surface area (Å²) in [6, 6.07) is 18.1. The smallest absolute Gasteiger partial charge is 0.408 e. The van der Waals surface area contributed by atoms with Gasteiger partial charge in [-0.25, -0.2) is 9.18 Å². The molecule has 0 unspecified atom stereocenters. The van der Waals surface area contributed by atoms with Crippen LogP contribution < -0.4 is 10.1 Å². The number of benzene rings is 3. The van der Waals surface area contributed by atoms with Crippen molar-refractivity contribution in [2.45, 2.75) is 111 Å². The molecule has 1 heterocycles. The maximum Gasteiger partial charge on any atom is 0.408 e. The molecule has 0 aromatic heterocycles. The van der Waals surface area contributed by atoms with Crippen LogP contribution in [-0.2, 0) is 38.5 Å². The summed E-state index contributed by atoms with van der Waals surface area (Å²) in [5.74, 6) is -0.139. The highest BCUT2D eigenvalue weighted by molar-refractivity contribution is 5.74. The first-order valence-electron chi connectivity index (χ1n) is 16.1. The minimum Gasteiger partial charge on any atom is -0.489 e. The number of carbonyl (C=O) groups excluding carboxylic acids is 2. The first kappa shape index (κ1) is 35.0. The summed E-state index contributed by atoms with van der Waals surface area (Å²) in [5.41, 5.74) is 2.93. The first-order chi connectivity index (χ1) is 21.7. The number of halogens is 1. The fourth-order valence-corrected chi connectivity index (χ4v) is 5.50. The van der Waals surface area contributed by atoms with Gasteiger partial charge in [0, 0.05) is 23.3 Å². The Labute approximate surface area is 272 Å². The van der Waals surface area contributed by atoms with Gasteiger partial charge in [0.15, 0.2) is 0 Å². The number of hydrogen-bond donors (Lipinski definition) is 1. The number of nitrogens with one attached hydrogen (secondary N) is 1. The second-order valence-corrected chi connectivity index (χ2v) is 13.9. The van der Waals surface area contributed by atoms with E-state index in [2.05, 4.69) is 11.4 Å². The molecule has 7 nitrogen and oxygen atoms in total. The van der Waals surface area contributed by atoms with E-state index in [0.717, 1.165) is 49.0 Å². The molecule has 1 N–H and O–H groups in total. The molecule has 1 aliphatic heterocycles. The van der Waals surface area contributed by atoms with Gasteiger partial charge in [-0.05, 0) is 103 Å². The van der Waals surface area contributed by atoms with E-state index in [9.17, 15) is 9.59 Å². The van der Waals surface area contributed by atoms with Gasteiger partial charge in [0.05, 0.1) is 18.6 Å². The molecule has 2 atom stereocenters. The Morgan fingerprint density at radius 1 is 0.957 bits per heavy atom. The second-order valence-electron chi connectivity index (χ2n) is 13.9. The standard InChI is InChI=1S/C38H48FNO6/c1-25(40-36(42)46-38(5,6)7)31-14-10-15-32(35(31)39)29-21-26(17-18-30-13-11-19-43-30)20-27(22-29)24-44-33-16-9-8-12-28(33)23-34(41)45-37(2,3)4/h8-10,12,14-16,20-22,25,30H,11,13,17-19,23-24H2,1-7H3,(H,40,42)/t25-,30-/m1/s1. The zero-order chi connectivity index (χ0) is 33.5. The number of alkyl carbamates (subject to hydrolysis) is 1. The topological polar surface area (TPSA) is 83.1 Å². The molecule has 8 heteroatoms. The largest absolute Gasteiger partial charge is 0.489 e. The fraction of sp³-hybridized carbons (Fsp3) is 0.474. The number of carbonyl (C=O) groups is 2. The first-order valence-corrected chi connectivity index (χ1v) is 16.1. The summed E-state index contributed by atoms with van der Waals surface area (Å²) in [4.78, 5) is 25.0. The van der Waals surface area contributed by atoms with Crippen molar-refractivity contribution in [3.8, 4) is 16.9 Å². The van der Waals surface area contributed by atoms with Crippen molar-refractivity contribution < 1.29 is 32.9 Å². The van der Waals surface area contributed by atoms with Gasteiger partial charge < -0.3 is 24.3 Å². The third kappa shape index (κ3) is 10.6. The maximum absolute atomic E-state index is 16.1. The third-order valence-electron chi connectivity index (χ3n) is 7.49. The van der Waals surface area contributed by atoms with Gasteiger partial charge >= 0.3 is 12.1 Å². The van der Waals surface area contributed by atoms with Crippen molar-refractivity contribution in [1.82, 2.24) is 5.32 Å². The molecule has 0 bridgehead atoms. The van der Waals surface area contributed by atoms with Gasteiger partial charge in [0.25, 0.3) is 0 Å². The van der Waals surface area contributed by atoms with Gasteiger partial charge in [-0.1, -0.05) is 48.5 Å². The van der Waals surface area contributed by atoms with Crippen LogP contribution in [0.25, 0.3) is 11.1 Å². The highest BCUT2D eigenvalue weighted by Gasteiger charge is 2.22. The highest BCUT2D eigenvalue weighted by atomic mass is 19.1. The van der Waals surface area contributed by atoms with Crippen LogP contribution in [0.2, 0.25) is 0 Å². The van der Waals surface area contributed by atoms with Crippen molar-refractivity contribution in [3.63, 3.8) is 0 Å². The predicted octanol–water partition coefficient (Wildman–Crippen LogP) is 8.65. The average Bonchev–Trinajstić information content (AvgIpc) is 3.47. The minimum atomic E-state index is -0.664. The van der Waals surface area contributed by atoms with E-state index in [0.29, 0.717) is 22.4 Å². The van der Waals surface area contributed by atoms with Gasteiger partial charge in [0.1, 0.15) is 29.4 Å². The van der Waals surface area contributed by atoms with E-state index in [1.165, 1.54) is 0 Å². The Bertz CT molecular complexity index is 1500. The molecule has 3 aromatic rings. The Morgan fingerprint density at radius 2 is 1.67 bits per heavy atom. The molecular formula is C38H48FNO6. The zero-order valence-corrected chi connectivity index (χ0v) is 28.2. The Hall–Kier alpha value is -3.91. The summed E-state index contributed by atoms with van der Waals surface area (Å²) in [7, 11) is 0. The quantitative estimate of drug-likeness (QED) is 0.213. The van der Waals surface area contributed by atoms with E-state index < -0.39 is 29.2 Å². The fourth-order valence-electron chi connectivity index (χ4n) is 5.50. The summed E-state index contributed by atoms with van der Waals surface area (Å²) >= 11 is 0. The molecule has 4 rings (SSSR count). The molecule has 3 aromatic carbocycles. The Balaban J connectivity index is 1.59. The van der Waals surface area contributed by atoms with Crippen LogP contribution >= 0.6 is 0 Å². The van der Waals surface area contributed by atoms with Crippen molar-refractivity contribution in [2.75, 3.05) is 6.61 Å². The lowest BCUT2D eigenvalue weighted by Crippen LogP contribution is -2.34. The number of esters is 1. The third-order valence-corrected chi connectivity index (χ3v) is 7.49. The van der Waals surface area contributed by atoms with E-state index in [1.54, 1.807) is 45.9 Å².